The molecule has 1 unspecified atom stereocenters. The first-order chi connectivity index (χ1) is 7.20. The highest BCUT2D eigenvalue weighted by molar-refractivity contribution is 6.30. The maximum atomic E-state index is 13.5. The molecule has 1 aliphatic heterocycles. The third-order valence-corrected chi connectivity index (χ3v) is 3.08. The van der Waals surface area contributed by atoms with Crippen LogP contribution >= 0.6 is 11.6 Å². The van der Waals surface area contributed by atoms with Crippen molar-refractivity contribution in [1.29, 1.82) is 0 Å². The molecule has 0 saturated carbocycles. The summed E-state index contributed by atoms with van der Waals surface area (Å²) in [5.74, 6) is -0.198. The van der Waals surface area contributed by atoms with E-state index >= 15 is 0 Å². The summed E-state index contributed by atoms with van der Waals surface area (Å²) < 4.78 is 13.5. The van der Waals surface area contributed by atoms with E-state index in [9.17, 15) is 4.39 Å². The first kappa shape index (κ1) is 10.7. The van der Waals surface area contributed by atoms with E-state index in [1.807, 2.05) is 11.9 Å². The molecule has 82 valence electrons. The number of likely N-dealkylation sites (N-methyl/N-ethyl adjacent to an activating group) is 1. The highest BCUT2D eigenvalue weighted by Crippen LogP contribution is 2.26. The van der Waals surface area contributed by atoms with E-state index in [1.54, 1.807) is 12.1 Å². The minimum Gasteiger partial charge on any atom is -0.368 e. The second kappa shape index (κ2) is 4.37. The minimum absolute atomic E-state index is 0.198. The molecule has 1 aliphatic rings. The Bertz CT molecular complexity index is 356. The van der Waals surface area contributed by atoms with E-state index in [0.717, 1.165) is 19.5 Å². The standard InChI is InChI=1S/C11H14ClFN2/c1-14-9-4-5-15(7-9)11-6-8(12)2-3-10(11)13/h2-3,6,9,14H,4-5,7H2,1H3. The number of benzene rings is 1. The molecular formula is C11H14ClFN2. The summed E-state index contributed by atoms with van der Waals surface area (Å²) in [6, 6.07) is 5.13. The average molecular weight is 229 g/mol. The molecule has 1 heterocycles. The summed E-state index contributed by atoms with van der Waals surface area (Å²) in [7, 11) is 1.93. The van der Waals surface area contributed by atoms with Gasteiger partial charge in [0.2, 0.25) is 0 Å². The molecule has 0 aromatic heterocycles. The SMILES string of the molecule is CNC1CCN(c2cc(Cl)ccc2F)C1. The number of hydrogen-bond donors (Lipinski definition) is 1. The number of anilines is 1. The lowest BCUT2D eigenvalue weighted by molar-refractivity contribution is 0.609. The van der Waals surface area contributed by atoms with Crippen molar-refractivity contribution in [2.75, 3.05) is 25.0 Å². The van der Waals surface area contributed by atoms with Gasteiger partial charge in [-0.05, 0) is 31.7 Å². The van der Waals surface area contributed by atoms with Crippen LogP contribution in [0.15, 0.2) is 18.2 Å². The van der Waals surface area contributed by atoms with E-state index in [4.69, 9.17) is 11.6 Å². The quantitative estimate of drug-likeness (QED) is 0.836. The van der Waals surface area contributed by atoms with Crippen LogP contribution in [0.5, 0.6) is 0 Å². The Morgan fingerprint density at radius 3 is 3.00 bits per heavy atom. The maximum absolute atomic E-state index is 13.5. The molecule has 1 aromatic rings. The van der Waals surface area contributed by atoms with Gasteiger partial charge in [-0.2, -0.15) is 0 Å². The number of halogens is 2. The van der Waals surface area contributed by atoms with Crippen molar-refractivity contribution in [3.8, 4) is 0 Å². The molecule has 1 saturated heterocycles. The summed E-state index contributed by atoms with van der Waals surface area (Å²) in [5, 5.41) is 3.78. The topological polar surface area (TPSA) is 15.3 Å². The van der Waals surface area contributed by atoms with Crippen molar-refractivity contribution in [3.63, 3.8) is 0 Å². The highest BCUT2D eigenvalue weighted by atomic mass is 35.5. The molecule has 0 amide bonds. The molecule has 0 bridgehead atoms. The molecule has 2 nitrogen and oxygen atoms in total. The highest BCUT2D eigenvalue weighted by Gasteiger charge is 2.23. The van der Waals surface area contributed by atoms with Gasteiger partial charge in [-0.25, -0.2) is 4.39 Å². The van der Waals surface area contributed by atoms with Crippen molar-refractivity contribution in [1.82, 2.24) is 5.32 Å². The van der Waals surface area contributed by atoms with Gasteiger partial charge in [0.15, 0.2) is 0 Å². The minimum atomic E-state index is -0.198. The molecular weight excluding hydrogens is 215 g/mol. The van der Waals surface area contributed by atoms with E-state index in [1.165, 1.54) is 6.07 Å². The van der Waals surface area contributed by atoms with Gasteiger partial charge in [0.05, 0.1) is 5.69 Å². The van der Waals surface area contributed by atoms with Crippen molar-refractivity contribution in [2.45, 2.75) is 12.5 Å². The van der Waals surface area contributed by atoms with Gasteiger partial charge in [-0.3, -0.25) is 0 Å². The van der Waals surface area contributed by atoms with Crippen LogP contribution in [0.25, 0.3) is 0 Å². The first-order valence-corrected chi connectivity index (χ1v) is 5.46. The van der Waals surface area contributed by atoms with Gasteiger partial charge in [0.1, 0.15) is 5.82 Å². The number of nitrogens with zero attached hydrogens (tertiary/aromatic N) is 1. The van der Waals surface area contributed by atoms with E-state index in [0.29, 0.717) is 16.8 Å². The van der Waals surface area contributed by atoms with Crippen LogP contribution in [-0.4, -0.2) is 26.2 Å². The predicted octanol–water partition coefficient (Wildman–Crippen LogP) is 2.28. The lowest BCUT2D eigenvalue weighted by Crippen LogP contribution is -2.29. The maximum Gasteiger partial charge on any atom is 0.146 e. The average Bonchev–Trinajstić information content (AvgIpc) is 2.70. The normalized spacial score (nSPS) is 21.0. The Kier molecular flexibility index (Phi) is 3.12. The van der Waals surface area contributed by atoms with Crippen molar-refractivity contribution in [3.05, 3.63) is 29.0 Å². The number of rotatable bonds is 2. The number of nitrogens with one attached hydrogen (secondary N) is 1. The van der Waals surface area contributed by atoms with Crippen molar-refractivity contribution < 1.29 is 4.39 Å². The molecule has 4 heteroatoms. The van der Waals surface area contributed by atoms with E-state index in [2.05, 4.69) is 5.32 Å². The fourth-order valence-corrected chi connectivity index (χ4v) is 2.11. The van der Waals surface area contributed by atoms with E-state index < -0.39 is 0 Å². The monoisotopic (exact) mass is 228 g/mol. The van der Waals surface area contributed by atoms with Gasteiger partial charge in [-0.1, -0.05) is 11.6 Å². The molecule has 2 rings (SSSR count). The Hall–Kier alpha value is -0.800. The van der Waals surface area contributed by atoms with Gasteiger partial charge in [0.25, 0.3) is 0 Å². The van der Waals surface area contributed by atoms with Crippen LogP contribution in [-0.2, 0) is 0 Å². The smallest absolute Gasteiger partial charge is 0.146 e. The van der Waals surface area contributed by atoms with Gasteiger partial charge < -0.3 is 10.2 Å². The summed E-state index contributed by atoms with van der Waals surface area (Å²) in [4.78, 5) is 2.03. The molecule has 1 atom stereocenters. The Balaban J connectivity index is 2.19. The Morgan fingerprint density at radius 1 is 1.53 bits per heavy atom. The van der Waals surface area contributed by atoms with Crippen LogP contribution < -0.4 is 10.2 Å². The van der Waals surface area contributed by atoms with Crippen molar-refractivity contribution >= 4 is 17.3 Å². The second-order valence-corrected chi connectivity index (χ2v) is 4.25. The van der Waals surface area contributed by atoms with Crippen LogP contribution in [0, 0.1) is 5.82 Å². The van der Waals surface area contributed by atoms with Crippen LogP contribution in [0.4, 0.5) is 10.1 Å². The fourth-order valence-electron chi connectivity index (χ4n) is 1.94. The Morgan fingerprint density at radius 2 is 2.33 bits per heavy atom. The number of hydrogen-bond acceptors (Lipinski definition) is 2. The van der Waals surface area contributed by atoms with Crippen LogP contribution in [0.1, 0.15) is 6.42 Å². The van der Waals surface area contributed by atoms with Gasteiger partial charge >= 0.3 is 0 Å². The lowest BCUT2D eigenvalue weighted by Gasteiger charge is -2.19. The molecule has 0 aliphatic carbocycles. The molecule has 0 radical (unpaired) electrons. The van der Waals surface area contributed by atoms with Crippen LogP contribution in [0.2, 0.25) is 5.02 Å². The lowest BCUT2D eigenvalue weighted by atomic mass is 10.3. The summed E-state index contributed by atoms with van der Waals surface area (Å²) in [6.07, 6.45) is 1.04. The zero-order valence-corrected chi connectivity index (χ0v) is 9.39. The van der Waals surface area contributed by atoms with E-state index in [-0.39, 0.29) is 5.82 Å². The molecule has 0 spiro atoms. The zero-order chi connectivity index (χ0) is 10.8. The first-order valence-electron chi connectivity index (χ1n) is 5.08. The van der Waals surface area contributed by atoms with Gasteiger partial charge in [-0.15, -0.1) is 0 Å². The third kappa shape index (κ3) is 2.24. The molecule has 1 aromatic carbocycles. The molecule has 1 N–H and O–H groups in total. The van der Waals surface area contributed by atoms with Gasteiger partial charge in [0, 0.05) is 24.2 Å². The second-order valence-electron chi connectivity index (χ2n) is 3.82. The van der Waals surface area contributed by atoms with Crippen molar-refractivity contribution in [2.24, 2.45) is 0 Å². The van der Waals surface area contributed by atoms with Crippen LogP contribution in [0.3, 0.4) is 0 Å². The zero-order valence-electron chi connectivity index (χ0n) is 8.63. The predicted molar refractivity (Wildman–Crippen MR) is 61.1 cm³/mol. The largest absolute Gasteiger partial charge is 0.368 e. The summed E-state index contributed by atoms with van der Waals surface area (Å²) in [5.41, 5.74) is 0.611. The third-order valence-electron chi connectivity index (χ3n) is 2.85. The summed E-state index contributed by atoms with van der Waals surface area (Å²) >= 11 is 5.86. The summed E-state index contributed by atoms with van der Waals surface area (Å²) in [6.45, 7) is 1.72. The molecule has 15 heavy (non-hydrogen) atoms. The Labute approximate surface area is 94.0 Å². The fraction of sp³-hybridized carbons (Fsp3) is 0.455. The molecule has 1 fully saturated rings.